The highest BCUT2D eigenvalue weighted by Gasteiger charge is 2.32. The molecule has 0 saturated heterocycles. The summed E-state index contributed by atoms with van der Waals surface area (Å²) in [5.41, 5.74) is 0.793. The molecule has 1 aromatic heterocycles. The van der Waals surface area contributed by atoms with E-state index in [1.54, 1.807) is 13.1 Å². The van der Waals surface area contributed by atoms with E-state index in [1.165, 1.54) is 6.20 Å². The van der Waals surface area contributed by atoms with E-state index in [2.05, 4.69) is 29.5 Å². The molecule has 2 rings (SSSR count). The molecule has 1 aromatic rings. The quantitative estimate of drug-likeness (QED) is 0.895. The molecule has 1 aliphatic carbocycles. The van der Waals surface area contributed by atoms with Gasteiger partial charge in [0, 0.05) is 19.3 Å². The third-order valence-electron chi connectivity index (χ3n) is 3.66. The predicted octanol–water partition coefficient (Wildman–Crippen LogP) is 3.09. The van der Waals surface area contributed by atoms with Crippen molar-refractivity contribution in [3.8, 4) is 0 Å². The number of rotatable bonds is 3. The van der Waals surface area contributed by atoms with Gasteiger partial charge in [-0.15, -0.1) is 0 Å². The first-order valence-corrected chi connectivity index (χ1v) is 6.93. The third kappa shape index (κ3) is 3.38. The largest absolute Gasteiger partial charge is 0.373 e. The smallest absolute Gasteiger partial charge is 0.253 e. The molecule has 1 unspecified atom stereocenters. The van der Waals surface area contributed by atoms with Crippen molar-refractivity contribution in [3.63, 3.8) is 0 Å². The molecule has 5 heteroatoms. The van der Waals surface area contributed by atoms with Crippen LogP contribution in [0.2, 0.25) is 5.02 Å². The number of carbonyl (C=O) groups is 1. The Hall–Kier alpha value is -1.29. The summed E-state index contributed by atoms with van der Waals surface area (Å²) in [5.74, 6) is 0.521. The Morgan fingerprint density at radius 1 is 1.53 bits per heavy atom. The number of nitrogens with zero attached hydrogens (tertiary/aromatic N) is 1. The Labute approximate surface area is 118 Å². The topological polar surface area (TPSA) is 54.0 Å². The van der Waals surface area contributed by atoms with Crippen LogP contribution in [0.4, 0.5) is 5.82 Å². The van der Waals surface area contributed by atoms with Crippen molar-refractivity contribution in [3.05, 3.63) is 22.8 Å². The zero-order valence-electron chi connectivity index (χ0n) is 11.6. The summed E-state index contributed by atoms with van der Waals surface area (Å²) in [6.45, 7) is 4.47. The summed E-state index contributed by atoms with van der Waals surface area (Å²) in [4.78, 5) is 16.3. The van der Waals surface area contributed by atoms with Gasteiger partial charge in [0.25, 0.3) is 5.91 Å². The molecule has 1 heterocycles. The summed E-state index contributed by atoms with van der Waals surface area (Å²) >= 11 is 6.04. The maximum absolute atomic E-state index is 12.2. The van der Waals surface area contributed by atoms with Gasteiger partial charge in [-0.3, -0.25) is 4.79 Å². The van der Waals surface area contributed by atoms with Gasteiger partial charge in [0.2, 0.25) is 0 Å². The van der Waals surface area contributed by atoms with E-state index < -0.39 is 0 Å². The fourth-order valence-electron chi connectivity index (χ4n) is 2.57. The number of hydrogen-bond acceptors (Lipinski definition) is 3. The van der Waals surface area contributed by atoms with E-state index in [9.17, 15) is 4.79 Å². The highest BCUT2D eigenvalue weighted by atomic mass is 35.5. The predicted molar refractivity (Wildman–Crippen MR) is 77.7 cm³/mol. The number of carbonyl (C=O) groups excluding carboxylic acids is 1. The average molecular weight is 282 g/mol. The molecular formula is C14H20ClN3O. The lowest BCUT2D eigenvalue weighted by molar-refractivity contribution is 0.0936. The molecule has 4 nitrogen and oxygen atoms in total. The molecule has 0 spiro atoms. The molecule has 2 N–H and O–H groups in total. The van der Waals surface area contributed by atoms with Gasteiger partial charge in [-0.05, 0) is 30.7 Å². The number of hydrogen-bond donors (Lipinski definition) is 2. The lowest BCUT2D eigenvalue weighted by Crippen LogP contribution is -2.33. The molecule has 0 radical (unpaired) electrons. The van der Waals surface area contributed by atoms with Gasteiger partial charge in [-0.2, -0.15) is 0 Å². The van der Waals surface area contributed by atoms with Crippen molar-refractivity contribution in [2.45, 2.75) is 39.2 Å². The van der Waals surface area contributed by atoms with Crippen molar-refractivity contribution < 1.29 is 4.79 Å². The van der Waals surface area contributed by atoms with Crippen LogP contribution in [0.1, 0.15) is 43.5 Å². The van der Waals surface area contributed by atoms with E-state index in [4.69, 9.17) is 11.6 Å². The van der Waals surface area contributed by atoms with E-state index in [0.29, 0.717) is 21.8 Å². The fourth-order valence-corrected chi connectivity index (χ4v) is 2.76. The van der Waals surface area contributed by atoms with Crippen molar-refractivity contribution in [1.29, 1.82) is 0 Å². The van der Waals surface area contributed by atoms with E-state index in [-0.39, 0.29) is 11.9 Å². The van der Waals surface area contributed by atoms with Gasteiger partial charge in [-0.1, -0.05) is 25.4 Å². The number of pyridine rings is 1. The lowest BCUT2D eigenvalue weighted by Gasteiger charge is -2.18. The molecule has 0 aromatic carbocycles. The van der Waals surface area contributed by atoms with Crippen LogP contribution in [0.5, 0.6) is 0 Å². The molecular weight excluding hydrogens is 262 g/mol. The van der Waals surface area contributed by atoms with Crippen LogP contribution in [0.15, 0.2) is 12.3 Å². The maximum Gasteiger partial charge on any atom is 0.253 e. The molecule has 1 atom stereocenters. The summed E-state index contributed by atoms with van der Waals surface area (Å²) in [7, 11) is 1.76. The number of nitrogens with one attached hydrogen (secondary N) is 2. The molecule has 19 heavy (non-hydrogen) atoms. The van der Waals surface area contributed by atoms with E-state index >= 15 is 0 Å². The van der Waals surface area contributed by atoms with E-state index in [0.717, 1.165) is 19.3 Å². The second-order valence-corrected chi connectivity index (χ2v) is 6.28. The van der Waals surface area contributed by atoms with Gasteiger partial charge in [0.1, 0.15) is 5.82 Å². The highest BCUT2D eigenvalue weighted by Crippen LogP contribution is 2.37. The van der Waals surface area contributed by atoms with Crippen molar-refractivity contribution in [1.82, 2.24) is 10.3 Å². The molecule has 0 bridgehead atoms. The van der Waals surface area contributed by atoms with Crippen LogP contribution in [0, 0.1) is 5.41 Å². The SMILES string of the molecule is CNc1cc(C(=O)NC2CCC(C)(C)C2)c(Cl)cn1. The zero-order valence-corrected chi connectivity index (χ0v) is 12.3. The van der Waals surface area contributed by atoms with Gasteiger partial charge in [-0.25, -0.2) is 4.98 Å². The standard InChI is InChI=1S/C14H20ClN3O/c1-14(2)5-4-9(7-14)18-13(19)10-6-12(16-3)17-8-11(10)15/h6,8-9H,4-5,7H2,1-3H3,(H,16,17)(H,18,19). The average Bonchev–Trinajstić information content (AvgIpc) is 2.69. The second-order valence-electron chi connectivity index (χ2n) is 5.88. The minimum Gasteiger partial charge on any atom is -0.373 e. The molecule has 1 amide bonds. The van der Waals surface area contributed by atoms with E-state index in [1.807, 2.05) is 0 Å². The lowest BCUT2D eigenvalue weighted by atomic mass is 9.92. The summed E-state index contributed by atoms with van der Waals surface area (Å²) in [5, 5.41) is 6.35. The van der Waals surface area contributed by atoms with Gasteiger partial charge in [0.05, 0.1) is 10.6 Å². The van der Waals surface area contributed by atoms with Crippen molar-refractivity contribution in [2.24, 2.45) is 5.41 Å². The number of aromatic nitrogens is 1. The number of anilines is 1. The Bertz CT molecular complexity index is 488. The zero-order chi connectivity index (χ0) is 14.0. The molecule has 0 aliphatic heterocycles. The molecule has 1 saturated carbocycles. The van der Waals surface area contributed by atoms with Gasteiger partial charge < -0.3 is 10.6 Å². The summed E-state index contributed by atoms with van der Waals surface area (Å²) in [6, 6.07) is 1.92. The van der Waals surface area contributed by atoms with Gasteiger partial charge >= 0.3 is 0 Å². The maximum atomic E-state index is 12.2. The molecule has 1 aliphatic rings. The van der Waals surface area contributed by atoms with Crippen molar-refractivity contribution >= 4 is 23.3 Å². The highest BCUT2D eigenvalue weighted by molar-refractivity contribution is 6.33. The minimum atomic E-state index is -0.119. The molecule has 104 valence electrons. The summed E-state index contributed by atoms with van der Waals surface area (Å²) < 4.78 is 0. The first-order valence-electron chi connectivity index (χ1n) is 6.55. The van der Waals surface area contributed by atoms with Crippen molar-refractivity contribution in [2.75, 3.05) is 12.4 Å². The second kappa shape index (κ2) is 5.37. The fraction of sp³-hybridized carbons (Fsp3) is 0.571. The number of amides is 1. The Balaban J connectivity index is 2.08. The van der Waals surface area contributed by atoms with Gasteiger partial charge in [0.15, 0.2) is 0 Å². The third-order valence-corrected chi connectivity index (χ3v) is 3.96. The Morgan fingerprint density at radius 2 is 2.26 bits per heavy atom. The number of halogens is 1. The minimum absolute atomic E-state index is 0.119. The van der Waals surface area contributed by atoms with Crippen LogP contribution < -0.4 is 10.6 Å². The molecule has 1 fully saturated rings. The Kier molecular flexibility index (Phi) is 3.99. The van der Waals surface area contributed by atoms with Crippen LogP contribution >= 0.6 is 11.6 Å². The monoisotopic (exact) mass is 281 g/mol. The van der Waals surface area contributed by atoms with Crippen LogP contribution in [-0.2, 0) is 0 Å². The summed E-state index contributed by atoms with van der Waals surface area (Å²) in [6.07, 6.45) is 4.69. The first kappa shape index (κ1) is 14.1. The first-order chi connectivity index (χ1) is 8.91. The Morgan fingerprint density at radius 3 is 2.84 bits per heavy atom. The van der Waals surface area contributed by atoms with Crippen LogP contribution in [0.25, 0.3) is 0 Å². The normalized spacial score (nSPS) is 21.2. The van der Waals surface area contributed by atoms with Crippen LogP contribution in [0.3, 0.4) is 0 Å². The van der Waals surface area contributed by atoms with Crippen LogP contribution in [-0.4, -0.2) is 24.0 Å².